The molecule has 0 heterocycles. The second kappa shape index (κ2) is 15.5. The Balaban J connectivity index is 0.00000324. The van der Waals surface area contributed by atoms with Gasteiger partial charge in [-0.2, -0.15) is 0 Å². The standard InChI is InChI=1S/C24H26O8S2.2Na/c25-33(26,27)16-4-14-31-22-12-13-24(32-15-5-17-34(28,29)30)23(18-22)21-10-8-20(9-11-21)19-6-2-1-3-7-19;;/h1-3,6-13,18H,4-5,14-17H2,(H,25,26,27)(H,28,29,30);;/q;2*+1/p-2. The SMILES string of the molecule is O=S(=O)([O-])CCCOc1ccc(OCCCS(=O)(=O)[O-])c(-c2ccc(-c3ccccc3)cc2)c1.[Na+].[Na+]. The number of rotatable bonds is 12. The van der Waals surface area contributed by atoms with Crippen molar-refractivity contribution in [3.05, 3.63) is 72.8 Å². The van der Waals surface area contributed by atoms with E-state index in [1.54, 1.807) is 18.2 Å². The minimum absolute atomic E-state index is 0. The quantitative estimate of drug-likeness (QED) is 0.139. The summed E-state index contributed by atoms with van der Waals surface area (Å²) in [5, 5.41) is 0. The van der Waals surface area contributed by atoms with Crippen LogP contribution in [0, 0.1) is 0 Å². The van der Waals surface area contributed by atoms with Crippen molar-refractivity contribution in [2.45, 2.75) is 12.8 Å². The maximum atomic E-state index is 10.8. The van der Waals surface area contributed by atoms with Crippen molar-refractivity contribution in [3.63, 3.8) is 0 Å². The van der Waals surface area contributed by atoms with Crippen LogP contribution in [0.1, 0.15) is 12.8 Å². The summed E-state index contributed by atoms with van der Waals surface area (Å²) in [5.41, 5.74) is 3.59. The molecule has 3 aromatic carbocycles. The van der Waals surface area contributed by atoms with E-state index < -0.39 is 31.7 Å². The van der Waals surface area contributed by atoms with Gasteiger partial charge in [-0.05, 0) is 47.7 Å². The topological polar surface area (TPSA) is 133 Å². The zero-order chi connectivity index (χ0) is 24.6. The zero-order valence-electron chi connectivity index (χ0n) is 20.3. The molecule has 0 aliphatic carbocycles. The summed E-state index contributed by atoms with van der Waals surface area (Å²) >= 11 is 0. The molecule has 0 N–H and O–H groups in total. The first kappa shape index (κ1) is 33.1. The Hall–Kier alpha value is -0.920. The molecule has 12 heteroatoms. The summed E-state index contributed by atoms with van der Waals surface area (Å²) in [6.45, 7) is 0.0908. The van der Waals surface area contributed by atoms with Crippen molar-refractivity contribution in [3.8, 4) is 33.8 Å². The van der Waals surface area contributed by atoms with Crippen LogP contribution in [0.2, 0.25) is 0 Å². The van der Waals surface area contributed by atoms with Crippen LogP contribution in [0.15, 0.2) is 72.8 Å². The van der Waals surface area contributed by atoms with E-state index in [1.165, 1.54) is 0 Å². The first-order valence-corrected chi connectivity index (χ1v) is 13.7. The van der Waals surface area contributed by atoms with Crippen LogP contribution < -0.4 is 68.6 Å². The van der Waals surface area contributed by atoms with Gasteiger partial charge in [0.25, 0.3) is 0 Å². The summed E-state index contributed by atoms with van der Waals surface area (Å²) in [5.74, 6) is -0.0899. The number of benzene rings is 3. The van der Waals surface area contributed by atoms with E-state index in [1.807, 2.05) is 54.6 Å². The minimum Gasteiger partial charge on any atom is -0.748 e. The molecule has 3 rings (SSSR count). The third-order valence-corrected chi connectivity index (χ3v) is 6.44. The van der Waals surface area contributed by atoms with Crippen molar-refractivity contribution in [2.24, 2.45) is 0 Å². The van der Waals surface area contributed by atoms with Crippen LogP contribution in [-0.2, 0) is 20.2 Å². The number of hydrogen-bond donors (Lipinski definition) is 0. The van der Waals surface area contributed by atoms with Crippen LogP contribution in [-0.4, -0.2) is 50.7 Å². The van der Waals surface area contributed by atoms with Crippen LogP contribution >= 0.6 is 0 Å². The van der Waals surface area contributed by atoms with Crippen molar-refractivity contribution in [1.82, 2.24) is 0 Å². The molecule has 0 radical (unpaired) electrons. The van der Waals surface area contributed by atoms with Crippen molar-refractivity contribution < 1.29 is 94.5 Å². The predicted molar refractivity (Wildman–Crippen MR) is 127 cm³/mol. The Labute approximate surface area is 256 Å². The van der Waals surface area contributed by atoms with Crippen molar-refractivity contribution in [2.75, 3.05) is 24.7 Å². The normalized spacial score (nSPS) is 11.2. The Bertz CT molecular complexity index is 1300. The van der Waals surface area contributed by atoms with E-state index in [0.29, 0.717) is 17.1 Å². The van der Waals surface area contributed by atoms with Gasteiger partial charge in [0.2, 0.25) is 0 Å². The molecule has 0 atom stereocenters. The summed E-state index contributed by atoms with van der Waals surface area (Å²) in [6.07, 6.45) is 0.120. The van der Waals surface area contributed by atoms with E-state index in [0.717, 1.165) is 16.7 Å². The molecule has 0 fully saturated rings. The van der Waals surface area contributed by atoms with Gasteiger partial charge in [0.1, 0.15) is 11.5 Å². The van der Waals surface area contributed by atoms with E-state index >= 15 is 0 Å². The van der Waals surface area contributed by atoms with Crippen molar-refractivity contribution >= 4 is 20.2 Å². The third kappa shape index (κ3) is 11.6. The summed E-state index contributed by atoms with van der Waals surface area (Å²) in [7, 11) is -8.62. The Kier molecular flexibility index (Phi) is 14.2. The molecule has 3 aromatic rings. The first-order valence-electron chi connectivity index (χ1n) is 10.5. The summed E-state index contributed by atoms with van der Waals surface area (Å²) < 4.78 is 76.1. The second-order valence-electron chi connectivity index (χ2n) is 7.53. The Morgan fingerprint density at radius 2 is 1.11 bits per heavy atom. The van der Waals surface area contributed by atoms with Gasteiger partial charge < -0.3 is 18.6 Å². The zero-order valence-corrected chi connectivity index (χ0v) is 25.9. The molecule has 0 aliphatic heterocycles. The average molecular weight is 551 g/mol. The predicted octanol–water partition coefficient (Wildman–Crippen LogP) is -2.34. The average Bonchev–Trinajstić information content (AvgIpc) is 2.79. The fourth-order valence-electron chi connectivity index (χ4n) is 3.27. The van der Waals surface area contributed by atoms with Crippen LogP contribution in [0.4, 0.5) is 0 Å². The number of hydrogen-bond acceptors (Lipinski definition) is 8. The third-order valence-electron chi connectivity index (χ3n) is 4.86. The van der Waals surface area contributed by atoms with E-state index in [9.17, 15) is 25.9 Å². The molecular weight excluding hydrogens is 526 g/mol. The minimum atomic E-state index is -4.32. The Morgan fingerprint density at radius 3 is 1.67 bits per heavy atom. The molecule has 8 nitrogen and oxygen atoms in total. The molecule has 0 saturated heterocycles. The van der Waals surface area contributed by atoms with Gasteiger partial charge in [-0.25, -0.2) is 16.8 Å². The smallest absolute Gasteiger partial charge is 0.748 e. The maximum absolute atomic E-state index is 10.8. The van der Waals surface area contributed by atoms with E-state index in [2.05, 4.69) is 0 Å². The molecule has 0 unspecified atom stereocenters. The van der Waals surface area contributed by atoms with Gasteiger partial charge in [0.05, 0.1) is 33.5 Å². The molecule has 0 aliphatic rings. The number of ether oxygens (including phenoxy) is 2. The van der Waals surface area contributed by atoms with Crippen LogP contribution in [0.5, 0.6) is 11.5 Å². The molecule has 0 saturated carbocycles. The van der Waals surface area contributed by atoms with Gasteiger partial charge in [-0.1, -0.05) is 54.6 Å². The van der Waals surface area contributed by atoms with Crippen molar-refractivity contribution in [1.29, 1.82) is 0 Å². The molecule has 36 heavy (non-hydrogen) atoms. The van der Waals surface area contributed by atoms with Crippen LogP contribution in [0.25, 0.3) is 22.3 Å². The maximum Gasteiger partial charge on any atom is 1.00 e. The Morgan fingerprint density at radius 1 is 0.611 bits per heavy atom. The van der Waals surface area contributed by atoms with E-state index in [-0.39, 0.29) is 85.2 Å². The summed E-state index contributed by atoms with van der Waals surface area (Å²) in [4.78, 5) is 0. The molecule has 0 bridgehead atoms. The fourth-order valence-corrected chi connectivity index (χ4v) is 4.21. The van der Waals surface area contributed by atoms with Gasteiger partial charge >= 0.3 is 59.1 Å². The monoisotopic (exact) mass is 550 g/mol. The molecule has 182 valence electrons. The fraction of sp³-hybridized carbons (Fsp3) is 0.250. The second-order valence-corrected chi connectivity index (χ2v) is 10.6. The first-order chi connectivity index (χ1) is 16.1. The molecule has 0 spiro atoms. The largest absolute Gasteiger partial charge is 1.00 e. The van der Waals surface area contributed by atoms with E-state index in [4.69, 9.17) is 9.47 Å². The van der Waals surface area contributed by atoms with Crippen LogP contribution in [0.3, 0.4) is 0 Å². The molecule has 0 amide bonds. The van der Waals surface area contributed by atoms with Gasteiger partial charge in [0.15, 0.2) is 0 Å². The van der Waals surface area contributed by atoms with Gasteiger partial charge in [-0.15, -0.1) is 0 Å². The van der Waals surface area contributed by atoms with Gasteiger partial charge in [-0.3, -0.25) is 0 Å². The summed E-state index contributed by atoms with van der Waals surface area (Å²) in [6, 6.07) is 22.6. The molecule has 0 aromatic heterocycles. The van der Waals surface area contributed by atoms with Gasteiger partial charge in [0, 0.05) is 17.1 Å². The molecular formula is C24H24Na2O8S2.